The van der Waals surface area contributed by atoms with Crippen LogP contribution in [0.5, 0.6) is 11.5 Å². The Labute approximate surface area is 176 Å². The van der Waals surface area contributed by atoms with Crippen molar-refractivity contribution >= 4 is 28.2 Å². The fraction of sp³-hybridized carbons (Fsp3) is 0.182. The Morgan fingerprint density at radius 3 is 2.83 bits per heavy atom. The number of thiophene rings is 1. The molecule has 2 aromatic carbocycles. The van der Waals surface area contributed by atoms with E-state index >= 15 is 0 Å². The first-order valence-electron chi connectivity index (χ1n) is 9.32. The molecule has 8 heteroatoms. The molecule has 1 aliphatic heterocycles. The van der Waals surface area contributed by atoms with E-state index in [0.717, 1.165) is 17.2 Å². The Bertz CT molecular complexity index is 1130. The maximum Gasteiger partial charge on any atom is 0.264 e. The predicted octanol–water partition coefficient (Wildman–Crippen LogP) is 4.19. The van der Waals surface area contributed by atoms with Gasteiger partial charge in [-0.1, -0.05) is 6.07 Å². The average molecular weight is 426 g/mol. The van der Waals surface area contributed by atoms with E-state index in [1.165, 1.54) is 29.5 Å². The van der Waals surface area contributed by atoms with Crippen molar-refractivity contribution < 1.29 is 23.8 Å². The summed E-state index contributed by atoms with van der Waals surface area (Å²) >= 11 is 1.18. The smallest absolute Gasteiger partial charge is 0.264 e. The number of halogens is 1. The molecule has 1 aliphatic rings. The zero-order valence-electron chi connectivity index (χ0n) is 16.1. The van der Waals surface area contributed by atoms with Crippen LogP contribution in [0.4, 0.5) is 9.39 Å². The van der Waals surface area contributed by atoms with E-state index < -0.39 is 11.7 Å². The van der Waals surface area contributed by atoms with Crippen LogP contribution in [0.2, 0.25) is 0 Å². The van der Waals surface area contributed by atoms with E-state index in [4.69, 9.17) is 4.74 Å². The lowest BCUT2D eigenvalue weighted by Crippen LogP contribution is -2.32. The summed E-state index contributed by atoms with van der Waals surface area (Å²) < 4.78 is 19.0. The summed E-state index contributed by atoms with van der Waals surface area (Å²) in [5.41, 5.74) is 1.77. The number of nitrogens with one attached hydrogen (secondary N) is 1. The van der Waals surface area contributed by atoms with Gasteiger partial charge in [0.2, 0.25) is 0 Å². The van der Waals surface area contributed by atoms with E-state index in [2.05, 4.69) is 5.32 Å². The second-order valence-corrected chi connectivity index (χ2v) is 8.01. The Balaban J connectivity index is 1.52. The molecule has 0 aliphatic carbocycles. The van der Waals surface area contributed by atoms with Crippen LogP contribution in [-0.2, 0) is 6.54 Å². The Morgan fingerprint density at radius 1 is 1.20 bits per heavy atom. The number of aryl methyl sites for hydroxylation is 1. The minimum atomic E-state index is -0.488. The zero-order chi connectivity index (χ0) is 21.3. The van der Waals surface area contributed by atoms with Gasteiger partial charge in [0.15, 0.2) is 0 Å². The molecule has 3 aromatic rings. The first-order valence-corrected chi connectivity index (χ1v) is 10.1. The number of hydrogen-bond acceptors (Lipinski definition) is 5. The average Bonchev–Trinajstić information content (AvgIpc) is 2.94. The van der Waals surface area contributed by atoms with Crippen molar-refractivity contribution in [3.05, 3.63) is 75.9 Å². The number of anilines is 1. The molecule has 4 rings (SSSR count). The largest absolute Gasteiger partial charge is 0.508 e. The standard InChI is InChI=1S/C22H19FN2O4S/c1-13-9-19(24-21(27)14-3-2-4-16(23)10-14)30-20(13)22(28)25-7-8-29-18-11-17(26)6-5-15(18)12-25/h2-6,9-11,26H,7-8,12H2,1H3,(H,24,27). The van der Waals surface area contributed by atoms with Crippen LogP contribution in [0.25, 0.3) is 0 Å². The van der Waals surface area contributed by atoms with Gasteiger partial charge in [0.25, 0.3) is 11.8 Å². The number of carbonyl (C=O) groups excluding carboxylic acids is 2. The van der Waals surface area contributed by atoms with Crippen LogP contribution in [0.3, 0.4) is 0 Å². The number of carbonyl (C=O) groups is 2. The highest BCUT2D eigenvalue weighted by Gasteiger charge is 2.24. The summed E-state index contributed by atoms with van der Waals surface area (Å²) in [7, 11) is 0. The number of rotatable bonds is 3. The molecule has 154 valence electrons. The van der Waals surface area contributed by atoms with Gasteiger partial charge in [0.1, 0.15) is 23.9 Å². The summed E-state index contributed by atoms with van der Waals surface area (Å²) in [5, 5.41) is 12.9. The van der Waals surface area contributed by atoms with Gasteiger partial charge in [0, 0.05) is 23.7 Å². The third kappa shape index (κ3) is 4.13. The Hall–Kier alpha value is -3.39. The lowest BCUT2D eigenvalue weighted by atomic mass is 10.1. The lowest BCUT2D eigenvalue weighted by molar-refractivity contribution is 0.0737. The normalized spacial score (nSPS) is 13.2. The van der Waals surface area contributed by atoms with E-state index in [0.29, 0.717) is 35.3 Å². The highest BCUT2D eigenvalue weighted by Crippen LogP contribution is 2.31. The molecular weight excluding hydrogens is 407 g/mol. The highest BCUT2D eigenvalue weighted by molar-refractivity contribution is 7.18. The topological polar surface area (TPSA) is 78.9 Å². The quantitative estimate of drug-likeness (QED) is 0.658. The van der Waals surface area contributed by atoms with Crippen molar-refractivity contribution in [3.8, 4) is 11.5 Å². The lowest BCUT2D eigenvalue weighted by Gasteiger charge is -2.19. The Morgan fingerprint density at radius 2 is 2.03 bits per heavy atom. The number of phenolic OH excluding ortho intramolecular Hbond substituents is 1. The maximum absolute atomic E-state index is 13.4. The molecule has 0 fully saturated rings. The van der Waals surface area contributed by atoms with E-state index in [9.17, 15) is 19.1 Å². The number of amides is 2. The van der Waals surface area contributed by atoms with Crippen LogP contribution < -0.4 is 10.1 Å². The molecule has 0 radical (unpaired) electrons. The zero-order valence-corrected chi connectivity index (χ0v) is 17.0. The monoisotopic (exact) mass is 426 g/mol. The van der Waals surface area contributed by atoms with Gasteiger partial charge in [-0.25, -0.2) is 4.39 Å². The van der Waals surface area contributed by atoms with Crippen LogP contribution in [-0.4, -0.2) is 35.0 Å². The van der Waals surface area contributed by atoms with E-state index in [1.807, 2.05) is 6.92 Å². The van der Waals surface area contributed by atoms with Gasteiger partial charge >= 0.3 is 0 Å². The van der Waals surface area contributed by atoms with Crippen molar-refractivity contribution in [2.24, 2.45) is 0 Å². The minimum absolute atomic E-state index is 0.112. The molecule has 2 N–H and O–H groups in total. The fourth-order valence-corrected chi connectivity index (χ4v) is 4.28. The summed E-state index contributed by atoms with van der Waals surface area (Å²) in [5.74, 6) is -0.407. The molecule has 2 heterocycles. The number of aromatic hydroxyl groups is 1. The maximum atomic E-state index is 13.4. The molecule has 0 saturated carbocycles. The van der Waals surface area contributed by atoms with E-state index in [1.54, 1.807) is 29.2 Å². The van der Waals surface area contributed by atoms with Crippen LogP contribution >= 0.6 is 11.3 Å². The predicted molar refractivity (Wildman–Crippen MR) is 112 cm³/mol. The van der Waals surface area contributed by atoms with Gasteiger partial charge < -0.3 is 20.1 Å². The minimum Gasteiger partial charge on any atom is -0.508 e. The first kappa shape index (κ1) is 19.9. The van der Waals surface area contributed by atoms with Crippen LogP contribution in [0.1, 0.15) is 31.2 Å². The number of hydrogen-bond donors (Lipinski definition) is 2. The summed E-state index contributed by atoms with van der Waals surface area (Å²) in [6, 6.07) is 12.0. The number of phenols is 1. The van der Waals surface area contributed by atoms with Gasteiger partial charge in [0.05, 0.1) is 16.4 Å². The first-order chi connectivity index (χ1) is 14.4. The molecule has 0 saturated heterocycles. The van der Waals surface area contributed by atoms with Gasteiger partial charge in [-0.2, -0.15) is 0 Å². The Kier molecular flexibility index (Phi) is 5.41. The summed E-state index contributed by atoms with van der Waals surface area (Å²) in [6.07, 6.45) is 0. The molecule has 0 bridgehead atoms. The second-order valence-electron chi connectivity index (χ2n) is 6.95. The molecule has 1 aromatic heterocycles. The summed E-state index contributed by atoms with van der Waals surface area (Å²) in [6.45, 7) is 2.88. The molecule has 0 spiro atoms. The number of ether oxygens (including phenoxy) is 1. The molecule has 0 unspecified atom stereocenters. The van der Waals surface area contributed by atoms with Gasteiger partial charge in [-0.3, -0.25) is 9.59 Å². The van der Waals surface area contributed by atoms with Crippen molar-refractivity contribution in [1.82, 2.24) is 4.90 Å². The van der Waals surface area contributed by atoms with E-state index in [-0.39, 0.29) is 17.2 Å². The van der Waals surface area contributed by atoms with Gasteiger partial charge in [-0.05, 0) is 48.9 Å². The third-order valence-electron chi connectivity index (χ3n) is 4.75. The molecular formula is C22H19FN2O4S. The highest BCUT2D eigenvalue weighted by atomic mass is 32.1. The molecule has 2 amide bonds. The van der Waals surface area contributed by atoms with Crippen molar-refractivity contribution in [2.75, 3.05) is 18.5 Å². The third-order valence-corrected chi connectivity index (χ3v) is 5.89. The summed E-state index contributed by atoms with van der Waals surface area (Å²) in [4.78, 5) is 27.7. The second kappa shape index (κ2) is 8.16. The molecule has 30 heavy (non-hydrogen) atoms. The van der Waals surface area contributed by atoms with Crippen molar-refractivity contribution in [2.45, 2.75) is 13.5 Å². The number of fused-ring (bicyclic) bond motifs is 1. The van der Waals surface area contributed by atoms with Gasteiger partial charge in [-0.15, -0.1) is 11.3 Å². The SMILES string of the molecule is Cc1cc(NC(=O)c2cccc(F)c2)sc1C(=O)N1CCOc2cc(O)ccc2C1. The molecule has 0 atom stereocenters. The number of nitrogens with zero attached hydrogens (tertiary/aromatic N) is 1. The van der Waals surface area contributed by atoms with Crippen molar-refractivity contribution in [3.63, 3.8) is 0 Å². The fourth-order valence-electron chi connectivity index (χ4n) is 3.25. The molecule has 6 nitrogen and oxygen atoms in total. The number of benzene rings is 2. The van der Waals surface area contributed by atoms with Crippen molar-refractivity contribution in [1.29, 1.82) is 0 Å². The van der Waals surface area contributed by atoms with Crippen LogP contribution in [0.15, 0.2) is 48.5 Å². The van der Waals surface area contributed by atoms with Crippen LogP contribution in [0, 0.1) is 12.7 Å².